The summed E-state index contributed by atoms with van der Waals surface area (Å²) in [4.78, 5) is 14.3. The van der Waals surface area contributed by atoms with Crippen LogP contribution in [-0.4, -0.2) is 54.4 Å². The Bertz CT molecular complexity index is 866. The van der Waals surface area contributed by atoms with Gasteiger partial charge in [-0.1, -0.05) is 48.0 Å². The molecule has 1 atom stereocenters. The van der Waals surface area contributed by atoms with E-state index in [2.05, 4.69) is 0 Å². The lowest BCUT2D eigenvalue weighted by atomic mass is 10.1. The molecule has 6 nitrogen and oxygen atoms in total. The highest BCUT2D eigenvalue weighted by Gasteiger charge is 2.39. The molecule has 138 valence electrons. The zero-order valence-corrected chi connectivity index (χ0v) is 15.4. The number of aliphatic hydroxyl groups is 1. The Morgan fingerprint density at radius 1 is 1.08 bits per heavy atom. The van der Waals surface area contributed by atoms with Crippen LogP contribution in [0.3, 0.4) is 0 Å². The van der Waals surface area contributed by atoms with Crippen LogP contribution in [0, 0.1) is 6.92 Å². The third-order valence-electron chi connectivity index (χ3n) is 4.54. The maximum atomic E-state index is 12.9. The molecule has 26 heavy (non-hydrogen) atoms. The molecular weight excluding hydrogens is 352 g/mol. The molecule has 0 spiro atoms. The van der Waals surface area contributed by atoms with Crippen LogP contribution in [0.25, 0.3) is 0 Å². The number of sulfonamides is 1. The summed E-state index contributed by atoms with van der Waals surface area (Å²) < 4.78 is 27.0. The number of rotatable bonds is 5. The lowest BCUT2D eigenvalue weighted by molar-refractivity contribution is -0.137. The molecule has 3 rings (SSSR count). The number of piperazine rings is 1. The van der Waals surface area contributed by atoms with Gasteiger partial charge in [0.15, 0.2) is 0 Å². The van der Waals surface area contributed by atoms with Crippen molar-refractivity contribution in [1.82, 2.24) is 9.21 Å². The second-order valence-electron chi connectivity index (χ2n) is 6.46. The molecular formula is C19H22N2O4S. The van der Waals surface area contributed by atoms with Crippen LogP contribution in [0.15, 0.2) is 59.5 Å². The van der Waals surface area contributed by atoms with Crippen molar-refractivity contribution in [3.8, 4) is 0 Å². The third-order valence-corrected chi connectivity index (χ3v) is 6.45. The number of carbonyl (C=O) groups is 1. The first kappa shape index (κ1) is 18.6. The second-order valence-corrected chi connectivity index (χ2v) is 8.35. The monoisotopic (exact) mass is 374 g/mol. The van der Waals surface area contributed by atoms with Gasteiger partial charge in [-0.3, -0.25) is 4.79 Å². The van der Waals surface area contributed by atoms with Crippen molar-refractivity contribution < 1.29 is 18.3 Å². The average molecular weight is 374 g/mol. The Labute approximate surface area is 153 Å². The van der Waals surface area contributed by atoms with E-state index >= 15 is 0 Å². The van der Waals surface area contributed by atoms with Crippen molar-refractivity contribution >= 4 is 15.9 Å². The van der Waals surface area contributed by atoms with Crippen LogP contribution < -0.4 is 0 Å². The predicted octanol–water partition coefficient (Wildman–Crippen LogP) is 1.39. The van der Waals surface area contributed by atoms with Gasteiger partial charge in [-0.25, -0.2) is 8.42 Å². The van der Waals surface area contributed by atoms with Gasteiger partial charge in [0.05, 0.1) is 24.1 Å². The molecule has 2 aromatic rings. The van der Waals surface area contributed by atoms with Gasteiger partial charge >= 0.3 is 0 Å². The van der Waals surface area contributed by atoms with Crippen LogP contribution >= 0.6 is 0 Å². The zero-order chi connectivity index (χ0) is 18.7. The fourth-order valence-electron chi connectivity index (χ4n) is 3.04. The van der Waals surface area contributed by atoms with Crippen molar-refractivity contribution in [2.45, 2.75) is 24.4 Å². The Morgan fingerprint density at radius 3 is 2.35 bits per heavy atom. The van der Waals surface area contributed by atoms with E-state index in [9.17, 15) is 18.3 Å². The van der Waals surface area contributed by atoms with Crippen molar-refractivity contribution in [3.63, 3.8) is 0 Å². The summed E-state index contributed by atoms with van der Waals surface area (Å²) in [5, 5.41) is 9.74. The molecule has 1 saturated heterocycles. The highest BCUT2D eigenvalue weighted by atomic mass is 32.2. The molecule has 7 heteroatoms. The number of hydrogen-bond acceptors (Lipinski definition) is 4. The zero-order valence-electron chi connectivity index (χ0n) is 14.6. The summed E-state index contributed by atoms with van der Waals surface area (Å²) in [6.45, 7) is 1.82. The first-order valence-corrected chi connectivity index (χ1v) is 9.87. The Kier molecular flexibility index (Phi) is 5.41. The number of hydrogen-bond donors (Lipinski definition) is 1. The minimum atomic E-state index is -3.84. The summed E-state index contributed by atoms with van der Waals surface area (Å²) in [5.41, 5.74) is 1.92. The SMILES string of the molecule is Cc1ccc(S(=O)(=O)N2CC(=O)N(Cc3ccccc3)CC2CO)cc1. The van der Waals surface area contributed by atoms with E-state index in [-0.39, 0.29) is 30.5 Å². The van der Waals surface area contributed by atoms with Gasteiger partial charge in [-0.2, -0.15) is 4.31 Å². The molecule has 0 bridgehead atoms. The molecule has 0 saturated carbocycles. The third kappa shape index (κ3) is 3.80. The van der Waals surface area contributed by atoms with E-state index in [4.69, 9.17) is 0 Å². The number of amides is 1. The van der Waals surface area contributed by atoms with Crippen LogP contribution in [0.4, 0.5) is 0 Å². The quantitative estimate of drug-likeness (QED) is 0.858. The summed E-state index contributed by atoms with van der Waals surface area (Å²) in [6.07, 6.45) is 0. The van der Waals surface area contributed by atoms with Gasteiger partial charge in [0, 0.05) is 13.1 Å². The number of aryl methyl sites for hydroxylation is 1. The first-order chi connectivity index (χ1) is 12.4. The second kappa shape index (κ2) is 7.57. The van der Waals surface area contributed by atoms with Crippen molar-refractivity contribution in [2.24, 2.45) is 0 Å². The molecule has 1 N–H and O–H groups in total. The summed E-state index contributed by atoms with van der Waals surface area (Å²) >= 11 is 0. The number of nitrogens with zero attached hydrogens (tertiary/aromatic N) is 2. The van der Waals surface area contributed by atoms with E-state index in [0.717, 1.165) is 15.4 Å². The summed E-state index contributed by atoms with van der Waals surface area (Å²) in [6, 6.07) is 15.3. The lowest BCUT2D eigenvalue weighted by Gasteiger charge is -2.39. The van der Waals surface area contributed by atoms with Crippen molar-refractivity contribution in [2.75, 3.05) is 19.7 Å². The lowest BCUT2D eigenvalue weighted by Crippen LogP contribution is -2.58. The van der Waals surface area contributed by atoms with Crippen LogP contribution in [0.5, 0.6) is 0 Å². The van der Waals surface area contributed by atoms with Crippen molar-refractivity contribution in [1.29, 1.82) is 0 Å². The molecule has 0 aromatic heterocycles. The molecule has 1 unspecified atom stereocenters. The van der Waals surface area contributed by atoms with Crippen LogP contribution in [0.1, 0.15) is 11.1 Å². The standard InChI is InChI=1S/C19H22N2O4S/c1-15-7-9-18(10-8-15)26(24,25)21-13-19(23)20(12-17(21)14-22)11-16-5-3-2-4-6-16/h2-10,17,22H,11-14H2,1H3. The number of carbonyl (C=O) groups excluding carboxylic acids is 1. The topological polar surface area (TPSA) is 77.9 Å². The first-order valence-electron chi connectivity index (χ1n) is 8.43. The minimum absolute atomic E-state index is 0.130. The Morgan fingerprint density at radius 2 is 1.73 bits per heavy atom. The molecule has 0 aliphatic carbocycles. The van der Waals surface area contributed by atoms with Gasteiger partial charge in [-0.05, 0) is 24.6 Å². The molecule has 2 aromatic carbocycles. The molecule has 1 fully saturated rings. The normalized spacial score (nSPS) is 18.9. The molecule has 1 aliphatic heterocycles. The van der Waals surface area contributed by atoms with Gasteiger partial charge in [0.1, 0.15) is 0 Å². The van der Waals surface area contributed by atoms with Gasteiger partial charge in [0.25, 0.3) is 0 Å². The van der Waals surface area contributed by atoms with E-state index in [1.165, 1.54) is 12.1 Å². The fraction of sp³-hybridized carbons (Fsp3) is 0.316. The number of benzene rings is 2. The van der Waals surface area contributed by atoms with Crippen LogP contribution in [0.2, 0.25) is 0 Å². The van der Waals surface area contributed by atoms with E-state index in [1.807, 2.05) is 37.3 Å². The summed E-state index contributed by atoms with van der Waals surface area (Å²) in [7, 11) is -3.84. The van der Waals surface area contributed by atoms with Crippen LogP contribution in [-0.2, 0) is 21.4 Å². The minimum Gasteiger partial charge on any atom is -0.395 e. The maximum Gasteiger partial charge on any atom is 0.243 e. The van der Waals surface area contributed by atoms with E-state index < -0.39 is 16.1 Å². The van der Waals surface area contributed by atoms with E-state index in [1.54, 1.807) is 17.0 Å². The van der Waals surface area contributed by atoms with E-state index in [0.29, 0.717) is 6.54 Å². The van der Waals surface area contributed by atoms with Gasteiger partial charge in [0.2, 0.25) is 15.9 Å². The molecule has 1 amide bonds. The largest absolute Gasteiger partial charge is 0.395 e. The average Bonchev–Trinajstić information content (AvgIpc) is 2.64. The Balaban J connectivity index is 1.82. The highest BCUT2D eigenvalue weighted by molar-refractivity contribution is 7.89. The predicted molar refractivity (Wildman–Crippen MR) is 97.8 cm³/mol. The smallest absolute Gasteiger partial charge is 0.243 e. The molecule has 1 heterocycles. The van der Waals surface area contributed by atoms with Crippen molar-refractivity contribution in [3.05, 3.63) is 65.7 Å². The molecule has 0 radical (unpaired) electrons. The van der Waals surface area contributed by atoms with Gasteiger partial charge in [-0.15, -0.1) is 0 Å². The summed E-state index contributed by atoms with van der Waals surface area (Å²) in [5.74, 6) is -0.269. The number of aliphatic hydroxyl groups excluding tert-OH is 1. The maximum absolute atomic E-state index is 12.9. The Hall–Kier alpha value is -2.22. The fourth-order valence-corrected chi connectivity index (χ4v) is 4.60. The molecule has 1 aliphatic rings. The highest BCUT2D eigenvalue weighted by Crippen LogP contribution is 2.23. The van der Waals surface area contributed by atoms with Gasteiger partial charge < -0.3 is 10.0 Å².